The molecule has 5 nitrogen and oxygen atoms in total. The Morgan fingerprint density at radius 3 is 2.52 bits per heavy atom. The second-order valence-electron chi connectivity index (χ2n) is 6.03. The molecular weight excluding hydrogens is 371 g/mol. The van der Waals surface area contributed by atoms with Crippen LogP contribution in [0.1, 0.15) is 22.9 Å². The van der Waals surface area contributed by atoms with Crippen LogP contribution in [-0.2, 0) is 4.74 Å². The smallest absolute Gasteiger partial charge is 0.407 e. The molecule has 4 rings (SSSR count). The molecule has 0 aliphatic carbocycles. The fourth-order valence-electron chi connectivity index (χ4n) is 2.57. The lowest BCUT2D eigenvalue weighted by Crippen LogP contribution is -2.18. The van der Waals surface area contributed by atoms with E-state index in [9.17, 15) is 9.18 Å². The van der Waals surface area contributed by atoms with E-state index in [0.29, 0.717) is 12.3 Å². The fourth-order valence-corrected chi connectivity index (χ4v) is 2.57. The van der Waals surface area contributed by atoms with Gasteiger partial charge in [0, 0.05) is 5.56 Å². The number of methoxy groups -OCH3 is 1. The average molecular weight is 390 g/mol. The van der Waals surface area contributed by atoms with Gasteiger partial charge in [-0.2, -0.15) is 4.39 Å². The highest BCUT2D eigenvalue weighted by atomic mass is 19.1. The number of carbonyl (C=O) groups is 1. The molecule has 1 atom stereocenters. The third-order valence-electron chi connectivity index (χ3n) is 3.99. The molecule has 1 amide bonds. The Hall–Kier alpha value is -3.85. The largest absolute Gasteiger partial charge is 0.497 e. The van der Waals surface area contributed by atoms with Gasteiger partial charge in [0.1, 0.15) is 18.1 Å². The number of hydrogen-bond donors (Lipinski definition) is 1. The zero-order valence-corrected chi connectivity index (χ0v) is 15.8. The van der Waals surface area contributed by atoms with Crippen LogP contribution in [0.3, 0.4) is 0 Å². The number of benzene rings is 2. The lowest BCUT2D eigenvalue weighted by Gasteiger charge is -2.07. The minimum atomic E-state index is -0.554. The van der Waals surface area contributed by atoms with Gasteiger partial charge in [-0.3, -0.25) is 0 Å². The number of cyclic esters (lactones) is 1. The lowest BCUT2D eigenvalue weighted by atomic mass is 10.1. The predicted molar refractivity (Wildman–Crippen MR) is 107 cm³/mol. The number of hydrogen-bond acceptors (Lipinski definition) is 4. The van der Waals surface area contributed by atoms with Crippen LogP contribution in [0, 0.1) is 17.8 Å². The second-order valence-corrected chi connectivity index (χ2v) is 6.03. The Morgan fingerprint density at radius 2 is 1.86 bits per heavy atom. The number of carbonyl (C=O) groups excluding carboxylic acids is 1. The molecule has 1 fully saturated rings. The van der Waals surface area contributed by atoms with Gasteiger partial charge < -0.3 is 14.8 Å². The molecule has 2 heterocycles. The van der Waals surface area contributed by atoms with Crippen molar-refractivity contribution in [2.75, 3.05) is 13.7 Å². The normalized spacial score (nSPS) is 14.4. The Balaban J connectivity index is 0.000000252. The Bertz CT molecular complexity index is 1030. The van der Waals surface area contributed by atoms with Gasteiger partial charge in [0.25, 0.3) is 0 Å². The van der Waals surface area contributed by atoms with E-state index in [2.05, 4.69) is 22.1 Å². The number of para-hydroxylation sites is 1. The molecule has 1 aliphatic heterocycles. The minimum absolute atomic E-state index is 0.161. The van der Waals surface area contributed by atoms with E-state index >= 15 is 0 Å². The first-order chi connectivity index (χ1) is 14.1. The van der Waals surface area contributed by atoms with Gasteiger partial charge in [0.05, 0.1) is 13.2 Å². The average Bonchev–Trinajstić information content (AvgIpc) is 3.20. The molecule has 0 spiro atoms. The first-order valence-corrected chi connectivity index (χ1v) is 8.91. The molecule has 1 saturated heterocycles. The first kappa shape index (κ1) is 19.9. The van der Waals surface area contributed by atoms with E-state index in [-0.39, 0.29) is 6.04 Å². The van der Waals surface area contributed by atoms with Crippen molar-refractivity contribution in [3.8, 4) is 17.6 Å². The minimum Gasteiger partial charge on any atom is -0.497 e. The van der Waals surface area contributed by atoms with Crippen molar-refractivity contribution >= 4 is 6.09 Å². The second kappa shape index (κ2) is 9.90. The molecule has 1 N–H and O–H groups in total. The molecule has 2 aromatic carbocycles. The third kappa shape index (κ3) is 6.08. The molecule has 0 saturated carbocycles. The molecule has 0 radical (unpaired) electrons. The van der Waals surface area contributed by atoms with Gasteiger partial charge in [0.2, 0.25) is 5.95 Å². The van der Waals surface area contributed by atoms with E-state index in [1.807, 2.05) is 54.6 Å². The van der Waals surface area contributed by atoms with Gasteiger partial charge >= 0.3 is 6.09 Å². The molecule has 29 heavy (non-hydrogen) atoms. The summed E-state index contributed by atoms with van der Waals surface area (Å²) in [7, 11) is 1.66. The summed E-state index contributed by atoms with van der Waals surface area (Å²) in [6.45, 7) is 0.307. The van der Waals surface area contributed by atoms with Gasteiger partial charge in [-0.25, -0.2) is 9.78 Å². The van der Waals surface area contributed by atoms with Crippen LogP contribution in [0.4, 0.5) is 9.18 Å². The van der Waals surface area contributed by atoms with Crippen LogP contribution in [0.15, 0.2) is 72.8 Å². The monoisotopic (exact) mass is 390 g/mol. The van der Waals surface area contributed by atoms with E-state index in [4.69, 9.17) is 9.47 Å². The molecule has 0 unspecified atom stereocenters. The van der Waals surface area contributed by atoms with Crippen LogP contribution in [0.25, 0.3) is 0 Å². The standard InChI is InChI=1S/C16H11FN2O2.C7H8O/c17-15-6-2-5-13(18-15)8-7-11-3-1-4-12(9-11)14-10-21-16(20)19-14;1-8-7-5-3-2-4-6-7/h1-6,9,14H,10H2,(H,19,20);2-6H,1H3/t14-;/m0./s1. The zero-order chi connectivity index (χ0) is 20.5. The highest BCUT2D eigenvalue weighted by Gasteiger charge is 2.23. The van der Waals surface area contributed by atoms with Crippen LogP contribution >= 0.6 is 0 Å². The third-order valence-corrected chi connectivity index (χ3v) is 3.99. The molecule has 146 valence electrons. The number of pyridine rings is 1. The number of alkyl carbamates (subject to hydrolysis) is 1. The zero-order valence-electron chi connectivity index (χ0n) is 15.8. The lowest BCUT2D eigenvalue weighted by molar-refractivity contribution is 0.177. The maximum atomic E-state index is 13.0. The number of halogens is 1. The maximum absolute atomic E-state index is 13.0. The first-order valence-electron chi connectivity index (χ1n) is 8.91. The summed E-state index contributed by atoms with van der Waals surface area (Å²) in [5, 5.41) is 2.71. The van der Waals surface area contributed by atoms with Gasteiger partial charge in [-0.05, 0) is 47.9 Å². The van der Waals surface area contributed by atoms with E-state index in [1.165, 1.54) is 6.07 Å². The Kier molecular flexibility index (Phi) is 6.80. The van der Waals surface area contributed by atoms with Crippen molar-refractivity contribution < 1.29 is 18.7 Å². The molecular formula is C23H19FN2O3. The van der Waals surface area contributed by atoms with Crippen molar-refractivity contribution in [3.63, 3.8) is 0 Å². The summed E-state index contributed by atoms with van der Waals surface area (Å²) < 4.78 is 22.7. The van der Waals surface area contributed by atoms with Crippen LogP contribution in [0.5, 0.6) is 5.75 Å². The van der Waals surface area contributed by atoms with Gasteiger partial charge in [-0.15, -0.1) is 0 Å². The Labute approximate surface area is 168 Å². The number of nitrogens with zero attached hydrogens (tertiary/aromatic N) is 1. The summed E-state index contributed by atoms with van der Waals surface area (Å²) in [5.74, 6) is 6.09. The van der Waals surface area contributed by atoms with E-state index in [0.717, 1.165) is 16.9 Å². The molecule has 6 heteroatoms. The summed E-state index contributed by atoms with van der Waals surface area (Å²) in [6, 6.07) is 21.5. The molecule has 3 aromatic rings. The summed E-state index contributed by atoms with van der Waals surface area (Å²) >= 11 is 0. The number of nitrogens with one attached hydrogen (secondary N) is 1. The topological polar surface area (TPSA) is 60.5 Å². The predicted octanol–water partition coefficient (Wildman–Crippen LogP) is 4.10. The Morgan fingerprint density at radius 1 is 1.07 bits per heavy atom. The number of aromatic nitrogens is 1. The van der Waals surface area contributed by atoms with Crippen molar-refractivity contribution in [3.05, 3.63) is 95.6 Å². The summed E-state index contributed by atoms with van der Waals surface area (Å²) in [5.41, 5.74) is 2.05. The fraction of sp³-hybridized carbons (Fsp3) is 0.130. The molecule has 0 bridgehead atoms. The maximum Gasteiger partial charge on any atom is 0.407 e. The summed E-state index contributed by atoms with van der Waals surface area (Å²) in [6.07, 6.45) is -0.416. The SMILES string of the molecule is COc1ccccc1.O=C1N[C@H](c2cccc(C#Cc3cccc(F)n3)c2)CO1. The quantitative estimate of drug-likeness (QED) is 0.529. The highest BCUT2D eigenvalue weighted by molar-refractivity contribution is 5.70. The van der Waals surface area contributed by atoms with Gasteiger partial charge in [-0.1, -0.05) is 42.3 Å². The summed E-state index contributed by atoms with van der Waals surface area (Å²) in [4.78, 5) is 14.7. The van der Waals surface area contributed by atoms with Crippen LogP contribution in [0.2, 0.25) is 0 Å². The highest BCUT2D eigenvalue weighted by Crippen LogP contribution is 2.18. The number of rotatable bonds is 2. The van der Waals surface area contributed by atoms with Crippen molar-refractivity contribution in [2.45, 2.75) is 6.04 Å². The number of amides is 1. The van der Waals surface area contributed by atoms with E-state index < -0.39 is 12.0 Å². The number of ether oxygens (including phenoxy) is 2. The van der Waals surface area contributed by atoms with Crippen molar-refractivity contribution in [2.24, 2.45) is 0 Å². The van der Waals surface area contributed by atoms with Crippen molar-refractivity contribution in [1.29, 1.82) is 0 Å². The van der Waals surface area contributed by atoms with Crippen molar-refractivity contribution in [1.82, 2.24) is 10.3 Å². The molecule has 1 aliphatic rings. The molecule has 1 aromatic heterocycles. The van der Waals surface area contributed by atoms with Crippen LogP contribution < -0.4 is 10.1 Å². The van der Waals surface area contributed by atoms with Crippen LogP contribution in [-0.4, -0.2) is 24.8 Å². The van der Waals surface area contributed by atoms with E-state index in [1.54, 1.807) is 19.2 Å². The van der Waals surface area contributed by atoms with Gasteiger partial charge in [0.15, 0.2) is 0 Å².